The maximum Gasteiger partial charge on any atom is 0.227 e. The molecule has 0 bridgehead atoms. The molecule has 3 unspecified atom stereocenters. The second-order valence-corrected chi connectivity index (χ2v) is 13.2. The number of nitrogens with one attached hydrogen (secondary N) is 1. The summed E-state index contributed by atoms with van der Waals surface area (Å²) in [6.07, 6.45) is 19.2. The van der Waals surface area contributed by atoms with Gasteiger partial charge in [-0.25, -0.2) is 0 Å². The van der Waals surface area contributed by atoms with Crippen molar-refractivity contribution in [1.29, 1.82) is 0 Å². The van der Waals surface area contributed by atoms with Crippen molar-refractivity contribution in [2.24, 2.45) is 57.5 Å². The summed E-state index contributed by atoms with van der Waals surface area (Å²) in [4.78, 5) is 37.8. The zero-order valence-electron chi connectivity index (χ0n) is 22.5. The molecule has 5 nitrogen and oxygen atoms in total. The predicted molar refractivity (Wildman–Crippen MR) is 141 cm³/mol. The first-order valence-electron chi connectivity index (χ1n) is 14.2. The van der Waals surface area contributed by atoms with Gasteiger partial charge >= 0.3 is 0 Å². The van der Waals surface area contributed by atoms with Crippen molar-refractivity contribution in [2.45, 2.75) is 85.5 Å². The van der Waals surface area contributed by atoms with E-state index in [2.05, 4.69) is 32.2 Å². The van der Waals surface area contributed by atoms with E-state index in [1.54, 1.807) is 0 Å². The van der Waals surface area contributed by atoms with Gasteiger partial charge in [0.05, 0.1) is 11.3 Å². The minimum atomic E-state index is -0.648. The van der Waals surface area contributed by atoms with Crippen molar-refractivity contribution in [3.63, 3.8) is 0 Å². The Morgan fingerprint density at radius 1 is 1.00 bits per heavy atom. The number of rotatable bonds is 5. The molecule has 3 N–H and O–H groups in total. The number of Topliss-reactive ketones (excluding diaryl/α,β-unsaturated/α-hetero) is 2. The molecule has 0 saturated heterocycles. The lowest BCUT2D eigenvalue weighted by Gasteiger charge is -2.64. The van der Waals surface area contributed by atoms with E-state index in [9.17, 15) is 14.4 Å². The molecular formula is C31H44N2O3. The highest BCUT2D eigenvalue weighted by atomic mass is 16.2. The normalized spacial score (nSPS) is 44.4. The van der Waals surface area contributed by atoms with Gasteiger partial charge in [0.1, 0.15) is 11.6 Å². The second-order valence-electron chi connectivity index (χ2n) is 13.2. The summed E-state index contributed by atoms with van der Waals surface area (Å²) in [5.74, 6) is 1.81. The third-order valence-corrected chi connectivity index (χ3v) is 12.0. The molecule has 4 fully saturated rings. The maximum atomic E-state index is 13.6. The lowest BCUT2D eigenvalue weighted by atomic mass is 9.40. The number of carbonyl (C=O) groups excluding carboxylic acids is 3. The van der Waals surface area contributed by atoms with Gasteiger partial charge in [0.25, 0.3) is 0 Å². The minimum absolute atomic E-state index is 0.0893. The average molecular weight is 493 g/mol. The molecule has 4 aliphatic carbocycles. The van der Waals surface area contributed by atoms with Crippen LogP contribution in [0.1, 0.15) is 85.5 Å². The van der Waals surface area contributed by atoms with Crippen molar-refractivity contribution in [3.8, 4) is 0 Å². The summed E-state index contributed by atoms with van der Waals surface area (Å²) in [7, 11) is 0. The van der Waals surface area contributed by atoms with Crippen molar-refractivity contribution in [3.05, 3.63) is 36.2 Å². The molecule has 9 atom stereocenters. The molecule has 1 aliphatic heterocycles. The largest absolute Gasteiger partial charge is 0.369 e. The van der Waals surface area contributed by atoms with E-state index in [0.29, 0.717) is 48.2 Å². The number of allylic oxidation sites excluding steroid dienone is 5. The predicted octanol–water partition coefficient (Wildman–Crippen LogP) is 5.47. The fraction of sp³-hybridized carbons (Fsp3) is 0.710. The standard InChI is InChI=1S/C31H44N2O3/c1-19(34)22(28(32)36)18-20-9-11-23-21-10-12-25-30(3,24(21)13-15-29(20,23)2)16-14-27(35)31(25,4)26-8-6-5-7-17-33-26/h5-8,17,20-25,33H,9-16,18H2,1-4H3,(H2,32,36)/t20?,21-,22?,23-,24-,25+,29+,30+,31?/m0/s1. The molecule has 0 radical (unpaired) electrons. The lowest BCUT2D eigenvalue weighted by molar-refractivity contribution is -0.162. The third kappa shape index (κ3) is 3.67. The SMILES string of the molecule is CC(=O)C(CC1CC[C@H]2[C@@H]3CC[C@H]4C(C)(C5=CC=CC=CN5)C(=O)CC[C@]4(C)[C@H]3CC[C@]12C)C(N)=O. The van der Waals surface area contributed by atoms with Gasteiger partial charge in [-0.1, -0.05) is 26.0 Å². The number of fused-ring (bicyclic) bond motifs is 5. The Balaban J connectivity index is 1.42. The van der Waals surface area contributed by atoms with Crippen LogP contribution >= 0.6 is 0 Å². The van der Waals surface area contributed by atoms with Crippen LogP contribution in [0.15, 0.2) is 36.2 Å². The number of hydrogen-bond donors (Lipinski definition) is 2. The first kappa shape index (κ1) is 25.5. The Hall–Kier alpha value is -2.17. The highest BCUT2D eigenvalue weighted by Gasteiger charge is 2.64. The number of ketones is 2. The molecule has 5 rings (SSSR count). The molecule has 0 aromatic carbocycles. The Kier molecular flexibility index (Phi) is 6.36. The molecule has 5 aliphatic rings. The number of primary amides is 1. The molecule has 5 heteroatoms. The Morgan fingerprint density at radius 3 is 2.47 bits per heavy atom. The average Bonchev–Trinajstić information content (AvgIpc) is 2.98. The summed E-state index contributed by atoms with van der Waals surface area (Å²) in [5, 5.41) is 3.46. The highest BCUT2D eigenvalue weighted by Crippen LogP contribution is 2.70. The van der Waals surface area contributed by atoms with Crippen LogP contribution in [0, 0.1) is 51.8 Å². The zero-order valence-corrected chi connectivity index (χ0v) is 22.5. The van der Waals surface area contributed by atoms with Crippen LogP contribution in [0.2, 0.25) is 0 Å². The quantitative estimate of drug-likeness (QED) is 0.498. The molecule has 0 aromatic rings. The van der Waals surface area contributed by atoms with Crippen molar-refractivity contribution < 1.29 is 14.4 Å². The van der Waals surface area contributed by atoms with Gasteiger partial charge in [0.15, 0.2) is 0 Å². The van der Waals surface area contributed by atoms with E-state index in [4.69, 9.17) is 5.73 Å². The van der Waals surface area contributed by atoms with E-state index < -0.39 is 17.2 Å². The number of nitrogens with two attached hydrogens (primary N) is 1. The van der Waals surface area contributed by atoms with Crippen LogP contribution in [0.25, 0.3) is 0 Å². The fourth-order valence-electron chi connectivity index (χ4n) is 9.98. The third-order valence-electron chi connectivity index (χ3n) is 12.0. The van der Waals surface area contributed by atoms with Crippen LogP contribution in [0.5, 0.6) is 0 Å². The zero-order chi connectivity index (χ0) is 25.9. The maximum absolute atomic E-state index is 13.6. The van der Waals surface area contributed by atoms with Crippen molar-refractivity contribution in [1.82, 2.24) is 5.32 Å². The molecule has 1 amide bonds. The lowest BCUT2D eigenvalue weighted by Crippen LogP contribution is -2.60. The fourth-order valence-corrected chi connectivity index (χ4v) is 9.98. The van der Waals surface area contributed by atoms with Crippen molar-refractivity contribution >= 4 is 17.5 Å². The monoisotopic (exact) mass is 492 g/mol. The number of hydrogen-bond acceptors (Lipinski definition) is 4. The van der Waals surface area contributed by atoms with Gasteiger partial charge in [0.2, 0.25) is 5.91 Å². The summed E-state index contributed by atoms with van der Waals surface area (Å²) in [6, 6.07) is 0. The van der Waals surface area contributed by atoms with E-state index >= 15 is 0 Å². The number of carbonyl (C=O) groups is 3. The summed E-state index contributed by atoms with van der Waals surface area (Å²) < 4.78 is 0. The van der Waals surface area contributed by atoms with Crippen molar-refractivity contribution in [2.75, 3.05) is 0 Å². The van der Waals surface area contributed by atoms with Gasteiger partial charge in [-0.2, -0.15) is 0 Å². The highest BCUT2D eigenvalue weighted by molar-refractivity contribution is 5.99. The van der Waals surface area contributed by atoms with Crippen LogP contribution < -0.4 is 11.1 Å². The first-order chi connectivity index (χ1) is 17.0. The summed E-state index contributed by atoms with van der Waals surface area (Å²) in [5.41, 5.74) is 6.51. The van der Waals surface area contributed by atoms with Crippen LogP contribution in [0.4, 0.5) is 0 Å². The van der Waals surface area contributed by atoms with E-state index in [0.717, 1.165) is 31.4 Å². The van der Waals surface area contributed by atoms with Gasteiger partial charge in [-0.15, -0.1) is 0 Å². The van der Waals surface area contributed by atoms with E-state index in [-0.39, 0.29) is 16.6 Å². The van der Waals surface area contributed by atoms with Gasteiger partial charge < -0.3 is 11.1 Å². The number of amides is 1. The van der Waals surface area contributed by atoms with Gasteiger partial charge in [-0.05, 0) is 118 Å². The smallest absolute Gasteiger partial charge is 0.227 e. The van der Waals surface area contributed by atoms with E-state index in [1.165, 1.54) is 26.2 Å². The topological polar surface area (TPSA) is 89.3 Å². The van der Waals surface area contributed by atoms with Crippen LogP contribution in [0.3, 0.4) is 0 Å². The molecular weight excluding hydrogens is 448 g/mol. The molecule has 0 spiro atoms. The van der Waals surface area contributed by atoms with Gasteiger partial charge in [-0.3, -0.25) is 14.4 Å². The molecule has 0 aromatic heterocycles. The summed E-state index contributed by atoms with van der Waals surface area (Å²) in [6.45, 7) is 8.64. The molecule has 196 valence electrons. The molecule has 36 heavy (non-hydrogen) atoms. The first-order valence-corrected chi connectivity index (χ1v) is 14.2. The molecule has 1 heterocycles. The van der Waals surface area contributed by atoms with Crippen LogP contribution in [-0.2, 0) is 14.4 Å². The summed E-state index contributed by atoms with van der Waals surface area (Å²) >= 11 is 0. The minimum Gasteiger partial charge on any atom is -0.369 e. The van der Waals surface area contributed by atoms with E-state index in [1.807, 2.05) is 24.4 Å². The van der Waals surface area contributed by atoms with Crippen LogP contribution in [-0.4, -0.2) is 17.5 Å². The Labute approximate surface area is 216 Å². The van der Waals surface area contributed by atoms with Gasteiger partial charge in [0, 0.05) is 18.3 Å². The Morgan fingerprint density at radius 2 is 1.75 bits per heavy atom. The second kappa shape index (κ2) is 8.99. The Bertz CT molecular complexity index is 1030. The molecule has 4 saturated carbocycles.